The van der Waals surface area contributed by atoms with Crippen LogP contribution in [0.3, 0.4) is 0 Å². The highest BCUT2D eigenvalue weighted by Crippen LogP contribution is 2.17. The number of carbonyl (C=O) groups excluding carboxylic acids is 2. The smallest absolute Gasteiger partial charge is 0.340 e. The third-order valence-corrected chi connectivity index (χ3v) is 3.67. The van der Waals surface area contributed by atoms with E-state index in [0.717, 1.165) is 31.3 Å². The number of hydrogen-bond acceptors (Lipinski definition) is 4. The minimum atomic E-state index is -0.429. The molecule has 0 aromatic heterocycles. The first-order chi connectivity index (χ1) is 11.7. The fraction of sp³-hybridized carbons (Fsp3) is 0.444. The maximum absolute atomic E-state index is 12.1. The van der Waals surface area contributed by atoms with Gasteiger partial charge in [-0.1, -0.05) is 25.5 Å². The molecule has 0 bridgehead atoms. The summed E-state index contributed by atoms with van der Waals surface area (Å²) >= 11 is 0. The molecule has 1 aliphatic heterocycles. The predicted molar refractivity (Wildman–Crippen MR) is 91.9 cm³/mol. The normalized spacial score (nSPS) is 14.0. The van der Waals surface area contributed by atoms with Crippen molar-refractivity contribution in [2.45, 2.75) is 32.6 Å². The number of carbonyl (C=O) groups is 2. The molecule has 0 saturated carbocycles. The number of nitrogens with one attached hydrogen (secondary N) is 2. The lowest BCUT2D eigenvalue weighted by Gasteiger charge is -2.15. The van der Waals surface area contributed by atoms with Crippen molar-refractivity contribution in [1.82, 2.24) is 5.32 Å². The second kappa shape index (κ2) is 9.72. The molecule has 1 aromatic carbocycles. The van der Waals surface area contributed by atoms with Gasteiger partial charge in [-0.3, -0.25) is 0 Å². The van der Waals surface area contributed by atoms with Crippen LogP contribution in [0.5, 0.6) is 0 Å². The Morgan fingerprint density at radius 3 is 2.75 bits per heavy atom. The molecule has 0 unspecified atom stereocenters. The largest absolute Gasteiger partial charge is 0.462 e. The predicted octanol–water partition coefficient (Wildman–Crippen LogP) is 3.46. The Hall–Kier alpha value is -2.34. The maximum Gasteiger partial charge on any atom is 0.340 e. The van der Waals surface area contributed by atoms with E-state index in [4.69, 9.17) is 9.47 Å². The third-order valence-electron chi connectivity index (χ3n) is 3.67. The van der Waals surface area contributed by atoms with Crippen molar-refractivity contribution < 1.29 is 19.1 Å². The topological polar surface area (TPSA) is 76.7 Å². The number of benzene rings is 1. The zero-order valence-corrected chi connectivity index (χ0v) is 14.0. The van der Waals surface area contributed by atoms with E-state index < -0.39 is 5.97 Å². The van der Waals surface area contributed by atoms with Gasteiger partial charge in [-0.05, 0) is 37.0 Å². The number of rotatable bonds is 6. The zero-order valence-electron chi connectivity index (χ0n) is 14.0. The van der Waals surface area contributed by atoms with Gasteiger partial charge in [0.25, 0.3) is 0 Å². The lowest BCUT2D eigenvalue weighted by atomic mass is 10.1. The van der Waals surface area contributed by atoms with Crippen molar-refractivity contribution in [2.75, 3.05) is 25.1 Å². The molecule has 1 aliphatic rings. The molecule has 0 atom stereocenters. The molecule has 1 heterocycles. The monoisotopic (exact) mass is 332 g/mol. The van der Waals surface area contributed by atoms with Crippen molar-refractivity contribution in [3.05, 3.63) is 41.6 Å². The van der Waals surface area contributed by atoms with E-state index >= 15 is 0 Å². The van der Waals surface area contributed by atoms with Gasteiger partial charge in [0.1, 0.15) is 0 Å². The molecule has 24 heavy (non-hydrogen) atoms. The van der Waals surface area contributed by atoms with E-state index in [1.807, 2.05) is 6.92 Å². The van der Waals surface area contributed by atoms with E-state index in [-0.39, 0.29) is 6.03 Å². The molecule has 1 fully saturated rings. The molecule has 130 valence electrons. The molecule has 2 rings (SSSR count). The summed E-state index contributed by atoms with van der Waals surface area (Å²) in [7, 11) is 0. The number of urea groups is 1. The van der Waals surface area contributed by atoms with Crippen LogP contribution in [0.1, 0.15) is 43.0 Å². The van der Waals surface area contributed by atoms with Crippen molar-refractivity contribution in [3.8, 4) is 0 Å². The minimum absolute atomic E-state index is 0.350. The Morgan fingerprint density at radius 1 is 1.25 bits per heavy atom. The molecular formula is C18H24N2O4. The summed E-state index contributed by atoms with van der Waals surface area (Å²) in [5, 5.41) is 5.39. The Kier molecular flexibility index (Phi) is 7.29. The fourth-order valence-corrected chi connectivity index (χ4v) is 2.26. The first-order valence-corrected chi connectivity index (χ1v) is 8.30. The number of anilines is 1. The highest BCUT2D eigenvalue weighted by molar-refractivity contribution is 6.01. The molecule has 2 N–H and O–H groups in total. The van der Waals surface area contributed by atoms with Gasteiger partial charge in [-0.2, -0.15) is 0 Å². The van der Waals surface area contributed by atoms with Crippen LogP contribution in [-0.2, 0) is 9.47 Å². The summed E-state index contributed by atoms with van der Waals surface area (Å²) in [6.45, 7) is 3.77. The minimum Gasteiger partial charge on any atom is -0.462 e. The van der Waals surface area contributed by atoms with Gasteiger partial charge in [0.05, 0.1) is 31.1 Å². The zero-order chi connectivity index (χ0) is 17.2. The molecular weight excluding hydrogens is 308 g/mol. The average Bonchev–Trinajstić information content (AvgIpc) is 2.61. The van der Waals surface area contributed by atoms with Crippen LogP contribution in [0.15, 0.2) is 36.0 Å². The van der Waals surface area contributed by atoms with Crippen molar-refractivity contribution >= 4 is 17.7 Å². The standard InChI is InChI=1S/C18H24N2O4/c1-2-3-10-24-17(21)15-6-4-5-7-16(15)20-18(22)19-13-14-8-11-23-12-9-14/h4-7,13H,2-3,8-12H2,1H3,(H2,19,20,22). The second-order valence-corrected chi connectivity index (χ2v) is 5.55. The number of unbranched alkanes of at least 4 members (excludes halogenated alkanes) is 1. The van der Waals surface area contributed by atoms with Crippen LogP contribution < -0.4 is 10.6 Å². The van der Waals surface area contributed by atoms with Crippen molar-refractivity contribution in [2.24, 2.45) is 0 Å². The van der Waals surface area contributed by atoms with Gasteiger partial charge in [0, 0.05) is 6.20 Å². The molecule has 1 aromatic rings. The summed E-state index contributed by atoms with van der Waals surface area (Å²) in [6.07, 6.45) is 5.12. The van der Waals surface area contributed by atoms with Gasteiger partial charge in [0.2, 0.25) is 0 Å². The summed E-state index contributed by atoms with van der Waals surface area (Å²) in [4.78, 5) is 24.1. The molecule has 0 aliphatic carbocycles. The van der Waals surface area contributed by atoms with Crippen LogP contribution in [0.25, 0.3) is 0 Å². The highest BCUT2D eigenvalue weighted by Gasteiger charge is 2.14. The highest BCUT2D eigenvalue weighted by atomic mass is 16.5. The van der Waals surface area contributed by atoms with Gasteiger partial charge in [-0.25, -0.2) is 9.59 Å². The number of amides is 2. The summed E-state index contributed by atoms with van der Waals surface area (Å²) in [6, 6.07) is 6.43. The Bertz CT molecular complexity index is 590. The second-order valence-electron chi connectivity index (χ2n) is 5.55. The van der Waals surface area contributed by atoms with Crippen molar-refractivity contribution in [1.29, 1.82) is 0 Å². The summed E-state index contributed by atoms with van der Waals surface area (Å²) in [5.41, 5.74) is 1.92. The molecule has 6 nitrogen and oxygen atoms in total. The van der Waals surface area contributed by atoms with Gasteiger partial charge in [-0.15, -0.1) is 0 Å². The third kappa shape index (κ3) is 5.70. The van der Waals surface area contributed by atoms with Crippen LogP contribution >= 0.6 is 0 Å². The van der Waals surface area contributed by atoms with E-state index in [9.17, 15) is 9.59 Å². The van der Waals surface area contributed by atoms with Gasteiger partial charge in [0.15, 0.2) is 0 Å². The summed E-state index contributed by atoms with van der Waals surface area (Å²) in [5.74, 6) is -0.429. The van der Waals surface area contributed by atoms with Crippen LogP contribution in [0.2, 0.25) is 0 Å². The lowest BCUT2D eigenvalue weighted by Crippen LogP contribution is -2.26. The Balaban J connectivity index is 1.93. The Labute approximate surface area is 142 Å². The van der Waals surface area contributed by atoms with Crippen LogP contribution in [-0.4, -0.2) is 31.8 Å². The van der Waals surface area contributed by atoms with Gasteiger partial charge >= 0.3 is 12.0 Å². The van der Waals surface area contributed by atoms with Gasteiger partial charge < -0.3 is 20.1 Å². The van der Waals surface area contributed by atoms with E-state index in [0.29, 0.717) is 31.1 Å². The molecule has 2 amide bonds. The first kappa shape index (κ1) is 18.0. The lowest BCUT2D eigenvalue weighted by molar-refractivity contribution is 0.0501. The SMILES string of the molecule is CCCCOC(=O)c1ccccc1NC(=O)NC=C1CCOCC1. The van der Waals surface area contributed by atoms with E-state index in [1.54, 1.807) is 30.5 Å². The van der Waals surface area contributed by atoms with Crippen LogP contribution in [0.4, 0.5) is 10.5 Å². The number of esters is 1. The summed E-state index contributed by atoms with van der Waals surface area (Å²) < 4.78 is 10.5. The molecule has 0 radical (unpaired) electrons. The number of hydrogen-bond donors (Lipinski definition) is 2. The van der Waals surface area contributed by atoms with E-state index in [1.165, 1.54) is 0 Å². The fourth-order valence-electron chi connectivity index (χ4n) is 2.26. The number of ether oxygens (including phenoxy) is 2. The first-order valence-electron chi connectivity index (χ1n) is 8.30. The number of para-hydroxylation sites is 1. The molecule has 6 heteroatoms. The average molecular weight is 332 g/mol. The van der Waals surface area contributed by atoms with Crippen molar-refractivity contribution in [3.63, 3.8) is 0 Å². The van der Waals surface area contributed by atoms with E-state index in [2.05, 4.69) is 10.6 Å². The maximum atomic E-state index is 12.1. The Morgan fingerprint density at radius 2 is 2.00 bits per heavy atom. The van der Waals surface area contributed by atoms with Crippen LogP contribution in [0, 0.1) is 0 Å². The molecule has 1 saturated heterocycles. The molecule has 0 spiro atoms. The quantitative estimate of drug-likeness (QED) is 0.618.